The van der Waals surface area contributed by atoms with Crippen LogP contribution in [-0.4, -0.2) is 12.2 Å². The standard InChI is InChI=1S/C16H34O/c1-13(2)10-17-16(8,9)12-15(6,7)11-14(3,4)5/h13H,10-12H2,1-9H3. The molecule has 0 aliphatic heterocycles. The molecule has 17 heavy (non-hydrogen) atoms. The Labute approximate surface area is 109 Å². The molecular weight excluding hydrogens is 208 g/mol. The summed E-state index contributed by atoms with van der Waals surface area (Å²) in [6.45, 7) is 21.4. The third kappa shape index (κ3) is 9.64. The van der Waals surface area contributed by atoms with Crippen molar-refractivity contribution in [1.82, 2.24) is 0 Å². The molecule has 0 rings (SSSR count). The zero-order chi connectivity index (χ0) is 13.9. The highest BCUT2D eigenvalue weighted by Gasteiger charge is 2.32. The fourth-order valence-corrected chi connectivity index (χ4v) is 3.09. The van der Waals surface area contributed by atoms with E-state index in [2.05, 4.69) is 62.3 Å². The van der Waals surface area contributed by atoms with Crippen molar-refractivity contribution >= 4 is 0 Å². The normalized spacial score (nSPS) is 14.5. The van der Waals surface area contributed by atoms with Crippen molar-refractivity contribution in [2.45, 2.75) is 80.8 Å². The van der Waals surface area contributed by atoms with Crippen molar-refractivity contribution in [3.63, 3.8) is 0 Å². The maximum atomic E-state index is 6.04. The minimum atomic E-state index is -0.0149. The van der Waals surface area contributed by atoms with Gasteiger partial charge in [-0.2, -0.15) is 0 Å². The van der Waals surface area contributed by atoms with Crippen molar-refractivity contribution in [1.29, 1.82) is 0 Å². The van der Waals surface area contributed by atoms with Crippen molar-refractivity contribution in [3.05, 3.63) is 0 Å². The van der Waals surface area contributed by atoms with Crippen LogP contribution in [0.3, 0.4) is 0 Å². The average Bonchev–Trinajstić information content (AvgIpc) is 1.93. The molecule has 0 fully saturated rings. The molecule has 0 aromatic rings. The van der Waals surface area contributed by atoms with E-state index in [0.29, 0.717) is 16.7 Å². The predicted molar refractivity (Wildman–Crippen MR) is 77.3 cm³/mol. The van der Waals surface area contributed by atoms with Crippen molar-refractivity contribution in [2.75, 3.05) is 6.61 Å². The molecule has 0 aliphatic carbocycles. The Bertz CT molecular complexity index is 218. The van der Waals surface area contributed by atoms with E-state index in [1.54, 1.807) is 0 Å². The number of hydrogen-bond acceptors (Lipinski definition) is 1. The third-order valence-electron chi connectivity index (χ3n) is 2.72. The van der Waals surface area contributed by atoms with Gasteiger partial charge in [-0.15, -0.1) is 0 Å². The zero-order valence-electron chi connectivity index (χ0n) is 13.6. The molecule has 0 unspecified atom stereocenters. The summed E-state index contributed by atoms with van der Waals surface area (Å²) in [5, 5.41) is 0. The summed E-state index contributed by atoms with van der Waals surface area (Å²) in [7, 11) is 0. The lowest BCUT2D eigenvalue weighted by atomic mass is 9.71. The van der Waals surface area contributed by atoms with Crippen LogP contribution in [0.15, 0.2) is 0 Å². The Morgan fingerprint density at radius 2 is 1.29 bits per heavy atom. The lowest BCUT2D eigenvalue weighted by Crippen LogP contribution is -2.34. The molecule has 0 atom stereocenters. The first-order valence-electron chi connectivity index (χ1n) is 6.97. The van der Waals surface area contributed by atoms with Gasteiger partial charge in [0.1, 0.15) is 0 Å². The van der Waals surface area contributed by atoms with E-state index in [9.17, 15) is 0 Å². The summed E-state index contributed by atoms with van der Waals surface area (Å²) < 4.78 is 6.04. The van der Waals surface area contributed by atoms with Crippen LogP contribution in [0.1, 0.15) is 75.2 Å². The molecule has 0 saturated carbocycles. The smallest absolute Gasteiger partial charge is 0.0631 e. The Kier molecular flexibility index (Phi) is 5.72. The average molecular weight is 242 g/mol. The van der Waals surface area contributed by atoms with Crippen LogP contribution in [0.5, 0.6) is 0 Å². The molecular formula is C16H34O. The molecule has 0 aromatic heterocycles. The monoisotopic (exact) mass is 242 g/mol. The fourth-order valence-electron chi connectivity index (χ4n) is 3.09. The molecule has 104 valence electrons. The summed E-state index contributed by atoms with van der Waals surface area (Å²) >= 11 is 0. The van der Waals surface area contributed by atoms with E-state index in [-0.39, 0.29) is 5.60 Å². The second-order valence-corrected chi connectivity index (χ2v) is 8.54. The van der Waals surface area contributed by atoms with E-state index in [1.165, 1.54) is 6.42 Å². The SMILES string of the molecule is CC(C)COC(C)(C)CC(C)(C)CC(C)(C)C. The van der Waals surface area contributed by atoms with Gasteiger partial charge in [0.05, 0.1) is 5.60 Å². The minimum Gasteiger partial charge on any atom is -0.375 e. The van der Waals surface area contributed by atoms with Crippen LogP contribution in [0.4, 0.5) is 0 Å². The van der Waals surface area contributed by atoms with Crippen LogP contribution in [0.2, 0.25) is 0 Å². The van der Waals surface area contributed by atoms with Gasteiger partial charge in [0.15, 0.2) is 0 Å². The van der Waals surface area contributed by atoms with E-state index >= 15 is 0 Å². The Morgan fingerprint density at radius 3 is 1.65 bits per heavy atom. The van der Waals surface area contributed by atoms with Gasteiger partial charge in [-0.3, -0.25) is 0 Å². The van der Waals surface area contributed by atoms with Gasteiger partial charge in [0, 0.05) is 6.61 Å². The highest BCUT2D eigenvalue weighted by atomic mass is 16.5. The fraction of sp³-hybridized carbons (Fsp3) is 1.00. The first kappa shape index (κ1) is 17.0. The molecule has 0 amide bonds. The quantitative estimate of drug-likeness (QED) is 0.615. The summed E-state index contributed by atoms with van der Waals surface area (Å²) in [5.74, 6) is 0.611. The van der Waals surface area contributed by atoms with Gasteiger partial charge in [-0.05, 0) is 43.4 Å². The Balaban J connectivity index is 4.37. The predicted octanol–water partition coefficient (Wildman–Crippen LogP) is 5.29. The molecule has 1 nitrogen and oxygen atoms in total. The number of hydrogen-bond donors (Lipinski definition) is 0. The Hall–Kier alpha value is -0.0400. The second-order valence-electron chi connectivity index (χ2n) is 8.54. The van der Waals surface area contributed by atoms with E-state index < -0.39 is 0 Å². The summed E-state index contributed by atoms with van der Waals surface area (Å²) in [5.41, 5.74) is 0.704. The third-order valence-corrected chi connectivity index (χ3v) is 2.72. The maximum absolute atomic E-state index is 6.04. The van der Waals surface area contributed by atoms with E-state index in [1.807, 2.05) is 0 Å². The van der Waals surface area contributed by atoms with Crippen LogP contribution in [0.25, 0.3) is 0 Å². The molecule has 1 heteroatoms. The molecule has 0 spiro atoms. The molecule has 0 bridgehead atoms. The molecule has 0 saturated heterocycles. The molecule has 0 aromatic carbocycles. The van der Waals surface area contributed by atoms with Crippen LogP contribution < -0.4 is 0 Å². The van der Waals surface area contributed by atoms with Crippen LogP contribution >= 0.6 is 0 Å². The van der Waals surface area contributed by atoms with Gasteiger partial charge in [-0.1, -0.05) is 48.5 Å². The molecule has 0 aliphatic rings. The van der Waals surface area contributed by atoms with Gasteiger partial charge in [0.25, 0.3) is 0 Å². The van der Waals surface area contributed by atoms with E-state index in [0.717, 1.165) is 13.0 Å². The van der Waals surface area contributed by atoms with Crippen molar-refractivity contribution < 1.29 is 4.74 Å². The van der Waals surface area contributed by atoms with Crippen molar-refractivity contribution in [3.8, 4) is 0 Å². The maximum Gasteiger partial charge on any atom is 0.0631 e. The highest BCUT2D eigenvalue weighted by molar-refractivity contribution is 4.83. The molecule has 0 heterocycles. The lowest BCUT2D eigenvalue weighted by Gasteiger charge is -2.39. The second kappa shape index (κ2) is 5.73. The molecule has 0 N–H and O–H groups in total. The first-order chi connectivity index (χ1) is 7.33. The zero-order valence-corrected chi connectivity index (χ0v) is 13.6. The molecule has 0 radical (unpaired) electrons. The summed E-state index contributed by atoms with van der Waals surface area (Å²) in [6, 6.07) is 0. The summed E-state index contributed by atoms with van der Waals surface area (Å²) in [6.07, 6.45) is 2.35. The van der Waals surface area contributed by atoms with E-state index in [4.69, 9.17) is 4.74 Å². The largest absolute Gasteiger partial charge is 0.375 e. The van der Waals surface area contributed by atoms with Crippen LogP contribution in [-0.2, 0) is 4.74 Å². The van der Waals surface area contributed by atoms with Gasteiger partial charge in [-0.25, -0.2) is 0 Å². The first-order valence-corrected chi connectivity index (χ1v) is 6.97. The van der Waals surface area contributed by atoms with Crippen molar-refractivity contribution in [2.24, 2.45) is 16.7 Å². The highest BCUT2D eigenvalue weighted by Crippen LogP contribution is 2.39. The lowest BCUT2D eigenvalue weighted by molar-refractivity contribution is -0.0614. The minimum absolute atomic E-state index is 0.0149. The van der Waals surface area contributed by atoms with Gasteiger partial charge < -0.3 is 4.74 Å². The summed E-state index contributed by atoms with van der Waals surface area (Å²) in [4.78, 5) is 0. The van der Waals surface area contributed by atoms with Gasteiger partial charge >= 0.3 is 0 Å². The van der Waals surface area contributed by atoms with Crippen LogP contribution in [0, 0.1) is 16.7 Å². The number of rotatable bonds is 6. The number of ether oxygens (including phenoxy) is 1. The topological polar surface area (TPSA) is 9.23 Å². The Morgan fingerprint density at radius 1 is 0.824 bits per heavy atom. The van der Waals surface area contributed by atoms with Gasteiger partial charge in [0.2, 0.25) is 0 Å².